The van der Waals surface area contributed by atoms with Gasteiger partial charge in [0.25, 0.3) is 5.56 Å². The van der Waals surface area contributed by atoms with Crippen LogP contribution in [0.3, 0.4) is 0 Å². The summed E-state index contributed by atoms with van der Waals surface area (Å²) in [5.41, 5.74) is 2.06. The number of aromatic nitrogens is 3. The molecular weight excluding hydrogens is 346 g/mol. The molecule has 0 aliphatic heterocycles. The van der Waals surface area contributed by atoms with Crippen molar-refractivity contribution in [1.82, 2.24) is 14.8 Å². The topological polar surface area (TPSA) is 57.0 Å². The third-order valence-corrected chi connectivity index (χ3v) is 4.84. The molecule has 0 radical (unpaired) electrons. The molecule has 0 fully saturated rings. The van der Waals surface area contributed by atoms with E-state index in [9.17, 15) is 4.79 Å². The van der Waals surface area contributed by atoms with Crippen LogP contribution in [0.4, 0.5) is 0 Å². The summed E-state index contributed by atoms with van der Waals surface area (Å²) < 4.78 is 6.78. The number of allylic oxidation sites excluding steroid dienone is 1. The van der Waals surface area contributed by atoms with Crippen molar-refractivity contribution < 1.29 is 4.74 Å². The van der Waals surface area contributed by atoms with Crippen LogP contribution in [0.5, 0.6) is 5.75 Å². The molecule has 5 nitrogen and oxygen atoms in total. The Labute approximate surface area is 156 Å². The molecule has 26 heavy (non-hydrogen) atoms. The standard InChI is InChI=1S/C20H19N3O2S/c1-3-13-23-19(24)18(16-7-5-4-6-8-16)21-22-20(23)26-14-15-9-11-17(25-2)12-10-15/h3-12H,1,13-14H2,2H3. The lowest BCUT2D eigenvalue weighted by Gasteiger charge is -2.11. The maximum atomic E-state index is 12.9. The molecule has 0 atom stereocenters. The zero-order valence-electron chi connectivity index (χ0n) is 14.5. The summed E-state index contributed by atoms with van der Waals surface area (Å²) in [4.78, 5) is 12.9. The maximum absolute atomic E-state index is 12.9. The van der Waals surface area contributed by atoms with Gasteiger partial charge in [-0.05, 0) is 17.7 Å². The van der Waals surface area contributed by atoms with Gasteiger partial charge in [0, 0.05) is 17.9 Å². The van der Waals surface area contributed by atoms with E-state index in [0.29, 0.717) is 23.1 Å². The van der Waals surface area contributed by atoms with Crippen LogP contribution in [0.2, 0.25) is 0 Å². The number of nitrogens with zero attached hydrogens (tertiary/aromatic N) is 3. The van der Waals surface area contributed by atoms with Crippen molar-refractivity contribution in [3.05, 3.63) is 83.2 Å². The summed E-state index contributed by atoms with van der Waals surface area (Å²) in [6.45, 7) is 4.13. The van der Waals surface area contributed by atoms with Crippen molar-refractivity contribution in [3.63, 3.8) is 0 Å². The first-order chi connectivity index (χ1) is 12.7. The minimum Gasteiger partial charge on any atom is -0.497 e. The second-order valence-electron chi connectivity index (χ2n) is 5.54. The predicted octanol–water partition coefficient (Wildman–Crippen LogP) is 3.79. The van der Waals surface area contributed by atoms with Crippen LogP contribution in [0.25, 0.3) is 11.3 Å². The van der Waals surface area contributed by atoms with Gasteiger partial charge in [0.05, 0.1) is 7.11 Å². The van der Waals surface area contributed by atoms with Gasteiger partial charge in [-0.15, -0.1) is 16.8 Å². The van der Waals surface area contributed by atoms with Crippen LogP contribution >= 0.6 is 11.8 Å². The van der Waals surface area contributed by atoms with E-state index in [4.69, 9.17) is 4.74 Å². The molecule has 0 spiro atoms. The Morgan fingerprint density at radius 2 is 1.85 bits per heavy atom. The van der Waals surface area contributed by atoms with Crippen molar-refractivity contribution in [2.75, 3.05) is 7.11 Å². The minimum atomic E-state index is -0.164. The monoisotopic (exact) mass is 365 g/mol. The lowest BCUT2D eigenvalue weighted by atomic mass is 10.2. The van der Waals surface area contributed by atoms with E-state index < -0.39 is 0 Å². The largest absolute Gasteiger partial charge is 0.497 e. The van der Waals surface area contributed by atoms with E-state index in [1.54, 1.807) is 17.8 Å². The van der Waals surface area contributed by atoms with Gasteiger partial charge in [-0.25, -0.2) is 0 Å². The molecule has 0 bridgehead atoms. The van der Waals surface area contributed by atoms with Crippen molar-refractivity contribution in [1.29, 1.82) is 0 Å². The highest BCUT2D eigenvalue weighted by Crippen LogP contribution is 2.22. The first-order valence-electron chi connectivity index (χ1n) is 8.12. The zero-order valence-corrected chi connectivity index (χ0v) is 15.3. The lowest BCUT2D eigenvalue weighted by molar-refractivity contribution is 0.414. The highest BCUT2D eigenvalue weighted by molar-refractivity contribution is 7.98. The smallest absolute Gasteiger partial charge is 0.281 e. The molecule has 3 rings (SSSR count). The van der Waals surface area contributed by atoms with Crippen LogP contribution in [0.15, 0.2) is 77.2 Å². The highest BCUT2D eigenvalue weighted by atomic mass is 32.2. The number of methoxy groups -OCH3 is 1. The Morgan fingerprint density at radius 1 is 1.12 bits per heavy atom. The summed E-state index contributed by atoms with van der Waals surface area (Å²) in [5.74, 6) is 1.49. The van der Waals surface area contributed by atoms with E-state index in [-0.39, 0.29) is 5.56 Å². The van der Waals surface area contributed by atoms with Crippen molar-refractivity contribution in [2.24, 2.45) is 0 Å². The number of thioether (sulfide) groups is 1. The number of hydrogen-bond acceptors (Lipinski definition) is 5. The number of benzene rings is 2. The van der Waals surface area contributed by atoms with E-state index in [1.807, 2.05) is 54.6 Å². The summed E-state index contributed by atoms with van der Waals surface area (Å²) in [6, 6.07) is 17.2. The summed E-state index contributed by atoms with van der Waals surface area (Å²) in [7, 11) is 1.64. The second-order valence-corrected chi connectivity index (χ2v) is 6.48. The van der Waals surface area contributed by atoms with E-state index in [2.05, 4.69) is 16.8 Å². The number of rotatable bonds is 7. The molecule has 1 aromatic heterocycles. The van der Waals surface area contributed by atoms with E-state index in [1.165, 1.54) is 11.8 Å². The van der Waals surface area contributed by atoms with Crippen LogP contribution in [-0.2, 0) is 12.3 Å². The molecule has 0 aliphatic carbocycles. The van der Waals surface area contributed by atoms with Crippen molar-refractivity contribution in [2.45, 2.75) is 17.5 Å². The quantitative estimate of drug-likeness (QED) is 0.471. The zero-order chi connectivity index (χ0) is 18.4. The molecule has 132 valence electrons. The Balaban J connectivity index is 1.87. The average molecular weight is 365 g/mol. The van der Waals surface area contributed by atoms with E-state index >= 15 is 0 Å². The number of ether oxygens (including phenoxy) is 1. The third kappa shape index (κ3) is 4.03. The van der Waals surface area contributed by atoms with Crippen molar-refractivity contribution in [3.8, 4) is 17.0 Å². The molecular formula is C20H19N3O2S. The van der Waals surface area contributed by atoms with Gasteiger partial charge >= 0.3 is 0 Å². The Bertz CT molecular complexity index is 938. The van der Waals surface area contributed by atoms with Gasteiger partial charge in [0.15, 0.2) is 10.9 Å². The molecule has 0 saturated heterocycles. The third-order valence-electron chi connectivity index (χ3n) is 3.80. The molecule has 6 heteroatoms. The Hall–Kier alpha value is -2.86. The van der Waals surface area contributed by atoms with Gasteiger partial charge in [-0.1, -0.05) is 60.3 Å². The first kappa shape index (κ1) is 17.9. The van der Waals surface area contributed by atoms with Gasteiger partial charge in [0.1, 0.15) is 5.75 Å². The fourth-order valence-electron chi connectivity index (χ4n) is 2.45. The SMILES string of the molecule is C=CCn1c(SCc2ccc(OC)cc2)nnc(-c2ccccc2)c1=O. The average Bonchev–Trinajstić information content (AvgIpc) is 2.69. The van der Waals surface area contributed by atoms with Gasteiger partial charge in [-0.3, -0.25) is 9.36 Å². The van der Waals surface area contributed by atoms with Crippen molar-refractivity contribution >= 4 is 11.8 Å². The second kappa shape index (κ2) is 8.49. The highest BCUT2D eigenvalue weighted by Gasteiger charge is 2.13. The minimum absolute atomic E-state index is 0.164. The molecule has 1 heterocycles. The molecule has 3 aromatic rings. The molecule has 0 unspecified atom stereocenters. The summed E-state index contributed by atoms with van der Waals surface area (Å²) >= 11 is 1.47. The predicted molar refractivity (Wildman–Crippen MR) is 104 cm³/mol. The van der Waals surface area contributed by atoms with Crippen LogP contribution in [0.1, 0.15) is 5.56 Å². The molecule has 0 aliphatic rings. The van der Waals surface area contributed by atoms with Gasteiger partial charge in [-0.2, -0.15) is 0 Å². The maximum Gasteiger partial charge on any atom is 0.281 e. The van der Waals surface area contributed by atoms with Crippen LogP contribution in [0, 0.1) is 0 Å². The Kier molecular flexibility index (Phi) is 5.86. The first-order valence-corrected chi connectivity index (χ1v) is 9.11. The fourth-order valence-corrected chi connectivity index (χ4v) is 3.35. The molecule has 0 N–H and O–H groups in total. The van der Waals surface area contributed by atoms with Gasteiger partial charge in [0.2, 0.25) is 0 Å². The molecule has 0 amide bonds. The van der Waals surface area contributed by atoms with E-state index in [0.717, 1.165) is 16.9 Å². The Morgan fingerprint density at radius 3 is 2.50 bits per heavy atom. The summed E-state index contributed by atoms with van der Waals surface area (Å²) in [6.07, 6.45) is 1.69. The van der Waals surface area contributed by atoms with Gasteiger partial charge < -0.3 is 4.74 Å². The van der Waals surface area contributed by atoms with Crippen LogP contribution in [-0.4, -0.2) is 21.9 Å². The lowest BCUT2D eigenvalue weighted by Crippen LogP contribution is -2.25. The number of hydrogen-bond donors (Lipinski definition) is 0. The summed E-state index contributed by atoms with van der Waals surface area (Å²) in [5, 5.41) is 9.03. The fraction of sp³-hybridized carbons (Fsp3) is 0.150. The molecule has 0 saturated carbocycles. The molecule has 2 aromatic carbocycles. The van der Waals surface area contributed by atoms with Crippen LogP contribution < -0.4 is 10.3 Å². The normalized spacial score (nSPS) is 10.5.